The van der Waals surface area contributed by atoms with E-state index < -0.39 is 0 Å². The molecule has 4 aliphatic rings. The van der Waals surface area contributed by atoms with Crippen LogP contribution in [-0.2, 0) is 38.5 Å². The molecular formula is C29H40. The summed E-state index contributed by atoms with van der Waals surface area (Å²) in [7, 11) is 0. The lowest BCUT2D eigenvalue weighted by Gasteiger charge is -2.23. The maximum atomic E-state index is 2.64. The van der Waals surface area contributed by atoms with Crippen molar-refractivity contribution < 1.29 is 0 Å². The van der Waals surface area contributed by atoms with Crippen LogP contribution in [0.15, 0.2) is 24.3 Å². The Morgan fingerprint density at radius 3 is 1.28 bits per heavy atom. The number of aryl methyl sites for hydroxylation is 6. The number of rotatable bonds is 2. The molecule has 4 aliphatic carbocycles. The second kappa shape index (κ2) is 8.29. The van der Waals surface area contributed by atoms with Crippen molar-refractivity contribution in [2.75, 3.05) is 0 Å². The summed E-state index contributed by atoms with van der Waals surface area (Å²) in [4.78, 5) is 0. The summed E-state index contributed by atoms with van der Waals surface area (Å²) in [5.41, 5.74) is 13.6. The van der Waals surface area contributed by atoms with Crippen LogP contribution < -0.4 is 0 Å². The number of hydrogen-bond donors (Lipinski definition) is 0. The van der Waals surface area contributed by atoms with Crippen LogP contribution in [0.4, 0.5) is 0 Å². The largest absolute Gasteiger partial charge is 0.0776 e. The van der Waals surface area contributed by atoms with Gasteiger partial charge in [0.25, 0.3) is 0 Å². The Balaban J connectivity index is 0.00000102. The Morgan fingerprint density at radius 1 is 0.483 bits per heavy atom. The molecule has 0 heterocycles. The normalized spacial score (nSPS) is 23.9. The van der Waals surface area contributed by atoms with E-state index in [-0.39, 0.29) is 14.9 Å². The van der Waals surface area contributed by atoms with E-state index in [4.69, 9.17) is 0 Å². The third-order valence-electron chi connectivity index (χ3n) is 8.18. The average molecular weight is 389 g/mol. The van der Waals surface area contributed by atoms with Crippen molar-refractivity contribution in [2.45, 2.75) is 110 Å². The van der Waals surface area contributed by atoms with Gasteiger partial charge in [-0.15, -0.1) is 0 Å². The van der Waals surface area contributed by atoms with Crippen molar-refractivity contribution in [1.82, 2.24) is 0 Å². The lowest BCUT2D eigenvalue weighted by atomic mass is 9.82. The maximum Gasteiger partial charge on any atom is -0.0150 e. The summed E-state index contributed by atoms with van der Waals surface area (Å²) < 4.78 is 0. The van der Waals surface area contributed by atoms with Crippen LogP contribution in [0.5, 0.6) is 0 Å². The molecule has 0 amide bonds. The Labute approximate surface area is 179 Å². The van der Waals surface area contributed by atoms with E-state index >= 15 is 0 Å². The number of hydrogen-bond acceptors (Lipinski definition) is 0. The molecule has 2 unspecified atom stereocenters. The summed E-state index contributed by atoms with van der Waals surface area (Å²) in [6.45, 7) is 0. The molecule has 2 aromatic carbocycles. The molecule has 2 atom stereocenters. The van der Waals surface area contributed by atoms with Gasteiger partial charge in [0, 0.05) is 0 Å². The lowest BCUT2D eigenvalue weighted by Crippen LogP contribution is -2.07. The predicted molar refractivity (Wildman–Crippen MR) is 126 cm³/mol. The molecule has 0 aliphatic heterocycles. The third-order valence-corrected chi connectivity index (χ3v) is 8.18. The van der Waals surface area contributed by atoms with Gasteiger partial charge in [-0.25, -0.2) is 0 Å². The molecule has 0 saturated carbocycles. The molecule has 156 valence electrons. The quantitative estimate of drug-likeness (QED) is 0.491. The van der Waals surface area contributed by atoms with Gasteiger partial charge in [-0.05, 0) is 140 Å². The smallest absolute Gasteiger partial charge is 0.0150 e. The van der Waals surface area contributed by atoms with Crippen LogP contribution in [0, 0.1) is 0 Å². The van der Waals surface area contributed by atoms with E-state index in [1.54, 1.807) is 44.5 Å². The highest BCUT2D eigenvalue weighted by atomic mass is 14.4. The van der Waals surface area contributed by atoms with Crippen LogP contribution in [0.2, 0.25) is 0 Å². The fraction of sp³-hybridized carbons (Fsp3) is 0.586. The Hall–Kier alpha value is -1.56. The van der Waals surface area contributed by atoms with Crippen LogP contribution in [0.1, 0.15) is 116 Å². The molecule has 0 radical (unpaired) electrons. The van der Waals surface area contributed by atoms with Crippen molar-refractivity contribution in [3.8, 4) is 0 Å². The van der Waals surface area contributed by atoms with Crippen LogP contribution in [0.25, 0.3) is 0 Å². The zero-order chi connectivity index (χ0) is 17.8. The van der Waals surface area contributed by atoms with Gasteiger partial charge in [0.1, 0.15) is 0 Å². The van der Waals surface area contributed by atoms with Crippen molar-refractivity contribution in [3.05, 3.63) is 68.8 Å². The third kappa shape index (κ3) is 3.58. The zero-order valence-electron chi connectivity index (χ0n) is 16.7. The van der Waals surface area contributed by atoms with Crippen molar-refractivity contribution >= 4 is 0 Å². The Kier molecular flexibility index (Phi) is 5.92. The summed E-state index contributed by atoms with van der Waals surface area (Å²) in [6.07, 6.45) is 17.8. The Morgan fingerprint density at radius 2 is 0.862 bits per heavy atom. The van der Waals surface area contributed by atoms with E-state index in [1.807, 2.05) is 0 Å². The maximum absolute atomic E-state index is 2.64. The fourth-order valence-electron chi connectivity index (χ4n) is 6.71. The average Bonchev–Trinajstić information content (AvgIpc) is 3.28. The minimum Gasteiger partial charge on any atom is -0.0776 e. The van der Waals surface area contributed by atoms with Gasteiger partial charge in [-0.1, -0.05) is 39.1 Å². The number of benzene rings is 2. The SMILES string of the molecule is C.C.c1c2c(cc3c1CCC3CC1CCc3cc4c(cc31)CCCC4)CCCC2. The van der Waals surface area contributed by atoms with Gasteiger partial charge in [0.05, 0.1) is 0 Å². The summed E-state index contributed by atoms with van der Waals surface area (Å²) in [5.74, 6) is 1.64. The monoisotopic (exact) mass is 388 g/mol. The minimum atomic E-state index is 0. The van der Waals surface area contributed by atoms with Gasteiger partial charge in [0.2, 0.25) is 0 Å². The van der Waals surface area contributed by atoms with Gasteiger partial charge in [-0.2, -0.15) is 0 Å². The lowest BCUT2D eigenvalue weighted by molar-refractivity contribution is 0.524. The summed E-state index contributed by atoms with van der Waals surface area (Å²) in [5, 5.41) is 0. The Bertz CT molecular complexity index is 814. The minimum absolute atomic E-state index is 0. The standard InChI is InChI=1S/C27H32.2CH4/c1-3-7-20-16-26-22(13-18(20)5-1)9-11-24(26)15-25-12-10-23-14-19-6-2-4-8-21(19)17-27(23)25;;/h13-14,16-17,24-25H,1-12,15H2;2*1H4. The second-order valence-corrected chi connectivity index (χ2v) is 9.76. The highest BCUT2D eigenvalue weighted by molar-refractivity contribution is 5.47. The van der Waals surface area contributed by atoms with E-state index in [0.717, 1.165) is 11.8 Å². The molecule has 0 heteroatoms. The van der Waals surface area contributed by atoms with E-state index in [0.29, 0.717) is 0 Å². The molecule has 0 bridgehead atoms. The van der Waals surface area contributed by atoms with Gasteiger partial charge in [0.15, 0.2) is 0 Å². The van der Waals surface area contributed by atoms with Crippen LogP contribution >= 0.6 is 0 Å². The van der Waals surface area contributed by atoms with E-state index in [9.17, 15) is 0 Å². The molecule has 29 heavy (non-hydrogen) atoms. The van der Waals surface area contributed by atoms with E-state index in [2.05, 4.69) is 24.3 Å². The summed E-state index contributed by atoms with van der Waals surface area (Å²) >= 11 is 0. The number of fused-ring (bicyclic) bond motifs is 4. The van der Waals surface area contributed by atoms with Gasteiger partial charge < -0.3 is 0 Å². The molecule has 2 aromatic rings. The highest BCUT2D eigenvalue weighted by Gasteiger charge is 2.31. The van der Waals surface area contributed by atoms with Gasteiger partial charge >= 0.3 is 0 Å². The first-order valence-corrected chi connectivity index (χ1v) is 11.6. The first-order valence-electron chi connectivity index (χ1n) is 11.6. The molecule has 0 N–H and O–H groups in total. The van der Waals surface area contributed by atoms with Crippen molar-refractivity contribution in [3.63, 3.8) is 0 Å². The van der Waals surface area contributed by atoms with E-state index in [1.165, 1.54) is 83.5 Å². The predicted octanol–water partition coefficient (Wildman–Crippen LogP) is 7.87. The van der Waals surface area contributed by atoms with Crippen molar-refractivity contribution in [2.24, 2.45) is 0 Å². The topological polar surface area (TPSA) is 0 Å². The molecule has 0 nitrogen and oxygen atoms in total. The van der Waals surface area contributed by atoms with Crippen molar-refractivity contribution in [1.29, 1.82) is 0 Å². The molecular weight excluding hydrogens is 348 g/mol. The van der Waals surface area contributed by atoms with Crippen LogP contribution in [0.3, 0.4) is 0 Å². The first-order chi connectivity index (χ1) is 13.3. The van der Waals surface area contributed by atoms with Gasteiger partial charge in [-0.3, -0.25) is 0 Å². The van der Waals surface area contributed by atoms with Crippen LogP contribution in [-0.4, -0.2) is 0 Å². The molecule has 0 saturated heterocycles. The first kappa shape index (κ1) is 20.7. The second-order valence-electron chi connectivity index (χ2n) is 9.76. The fourth-order valence-corrected chi connectivity index (χ4v) is 6.71. The molecule has 0 aromatic heterocycles. The summed E-state index contributed by atoms with van der Waals surface area (Å²) in [6, 6.07) is 10.5. The molecule has 0 spiro atoms. The molecule has 0 fully saturated rings. The highest BCUT2D eigenvalue weighted by Crippen LogP contribution is 2.46. The molecule has 6 rings (SSSR count). The zero-order valence-corrected chi connectivity index (χ0v) is 16.7.